The van der Waals surface area contributed by atoms with E-state index in [0.29, 0.717) is 0 Å². The fraction of sp³-hybridized carbons (Fsp3) is 0.778. The molecule has 60 valence electrons. The van der Waals surface area contributed by atoms with Crippen LogP contribution in [0.4, 0.5) is 0 Å². The molecule has 0 unspecified atom stereocenters. The maximum Gasteiger partial charge on any atom is 0.0508 e. The van der Waals surface area contributed by atoms with Gasteiger partial charge in [0.25, 0.3) is 0 Å². The molecule has 10 heavy (non-hydrogen) atoms. The van der Waals surface area contributed by atoms with Gasteiger partial charge in [-0.05, 0) is 12.5 Å². The summed E-state index contributed by atoms with van der Waals surface area (Å²) in [4.78, 5) is 0. The van der Waals surface area contributed by atoms with Crippen molar-refractivity contribution >= 4 is 8.07 Å². The van der Waals surface area contributed by atoms with E-state index in [1.54, 1.807) is 0 Å². The van der Waals surface area contributed by atoms with E-state index in [1.165, 1.54) is 18.5 Å². The van der Waals surface area contributed by atoms with E-state index in [9.17, 15) is 0 Å². The van der Waals surface area contributed by atoms with Crippen LogP contribution in [-0.4, -0.2) is 8.07 Å². The second kappa shape index (κ2) is 4.72. The highest BCUT2D eigenvalue weighted by molar-refractivity contribution is 6.77. The van der Waals surface area contributed by atoms with Gasteiger partial charge in [0, 0.05) is 0 Å². The Kier molecular flexibility index (Phi) is 4.70. The first kappa shape index (κ1) is 9.96. The number of allylic oxidation sites excluding steroid dienone is 2. The van der Waals surface area contributed by atoms with Crippen LogP contribution in [0.2, 0.25) is 25.2 Å². The van der Waals surface area contributed by atoms with E-state index in [2.05, 4.69) is 39.1 Å². The lowest BCUT2D eigenvalue weighted by molar-refractivity contribution is 1.21. The quantitative estimate of drug-likeness (QED) is 0.430. The summed E-state index contributed by atoms with van der Waals surface area (Å²) in [5.74, 6) is 0. The standard InChI is InChI=1S/C9H20Si/c1-5-7-8-9-10(3,4)6-2/h7-8H,5-6,9H2,1-4H3. The summed E-state index contributed by atoms with van der Waals surface area (Å²) in [7, 11) is -0.801. The van der Waals surface area contributed by atoms with Crippen LogP contribution in [0, 0.1) is 0 Å². The molecule has 0 heterocycles. The van der Waals surface area contributed by atoms with E-state index >= 15 is 0 Å². The Balaban J connectivity index is 3.56. The van der Waals surface area contributed by atoms with Crippen molar-refractivity contribution < 1.29 is 0 Å². The smallest absolute Gasteiger partial charge is 0.0508 e. The normalized spacial score (nSPS) is 12.8. The fourth-order valence-electron chi connectivity index (χ4n) is 0.713. The summed E-state index contributed by atoms with van der Waals surface area (Å²) in [6.45, 7) is 9.41. The van der Waals surface area contributed by atoms with Gasteiger partial charge in [0.2, 0.25) is 0 Å². The Morgan fingerprint density at radius 3 is 2.10 bits per heavy atom. The van der Waals surface area contributed by atoms with Crippen molar-refractivity contribution in [1.82, 2.24) is 0 Å². The van der Waals surface area contributed by atoms with Gasteiger partial charge in [0.1, 0.15) is 0 Å². The zero-order valence-electron chi connectivity index (χ0n) is 7.78. The van der Waals surface area contributed by atoms with Crippen LogP contribution in [0.1, 0.15) is 20.3 Å². The van der Waals surface area contributed by atoms with Gasteiger partial charge < -0.3 is 0 Å². The minimum atomic E-state index is -0.801. The van der Waals surface area contributed by atoms with Crippen LogP contribution >= 0.6 is 0 Å². The van der Waals surface area contributed by atoms with Crippen LogP contribution in [0.15, 0.2) is 12.2 Å². The first-order valence-corrected chi connectivity index (χ1v) is 7.69. The lowest BCUT2D eigenvalue weighted by atomic mass is 10.4. The Labute approximate surface area is 66.4 Å². The van der Waals surface area contributed by atoms with Crippen molar-refractivity contribution in [2.75, 3.05) is 0 Å². The molecule has 0 fully saturated rings. The number of rotatable bonds is 4. The molecular formula is C9H20Si. The molecule has 0 saturated heterocycles. The van der Waals surface area contributed by atoms with Crippen molar-refractivity contribution in [3.63, 3.8) is 0 Å². The molecule has 0 aliphatic carbocycles. The average molecular weight is 156 g/mol. The Hall–Kier alpha value is -0.0431. The van der Waals surface area contributed by atoms with Crippen LogP contribution < -0.4 is 0 Å². The fourth-order valence-corrected chi connectivity index (χ4v) is 1.81. The minimum absolute atomic E-state index is 0.801. The third kappa shape index (κ3) is 4.80. The molecule has 0 saturated carbocycles. The first-order chi connectivity index (χ1) is 4.62. The molecule has 0 aliphatic heterocycles. The second-order valence-corrected chi connectivity index (χ2v) is 9.05. The highest BCUT2D eigenvalue weighted by atomic mass is 28.3. The van der Waals surface area contributed by atoms with Gasteiger partial charge in [-0.1, -0.05) is 45.1 Å². The third-order valence-corrected chi connectivity index (χ3v) is 5.29. The highest BCUT2D eigenvalue weighted by Crippen LogP contribution is 2.14. The van der Waals surface area contributed by atoms with Crippen molar-refractivity contribution in [2.45, 2.75) is 45.5 Å². The van der Waals surface area contributed by atoms with Gasteiger partial charge >= 0.3 is 0 Å². The molecule has 0 bridgehead atoms. The molecule has 0 aromatic heterocycles. The summed E-state index contributed by atoms with van der Waals surface area (Å²) in [5.41, 5.74) is 0. The lowest BCUT2D eigenvalue weighted by Crippen LogP contribution is -2.21. The zero-order chi connectivity index (χ0) is 8.04. The summed E-state index contributed by atoms with van der Waals surface area (Å²) in [5, 5.41) is 0. The van der Waals surface area contributed by atoms with Crippen LogP contribution in [0.3, 0.4) is 0 Å². The first-order valence-electron chi connectivity index (χ1n) is 4.27. The predicted octanol–water partition coefficient (Wildman–Crippen LogP) is 3.68. The van der Waals surface area contributed by atoms with Crippen LogP contribution in [0.25, 0.3) is 0 Å². The number of hydrogen-bond acceptors (Lipinski definition) is 0. The van der Waals surface area contributed by atoms with E-state index in [-0.39, 0.29) is 0 Å². The van der Waals surface area contributed by atoms with Crippen LogP contribution in [-0.2, 0) is 0 Å². The largest absolute Gasteiger partial charge is 0.0912 e. The molecule has 1 heteroatoms. The molecule has 0 nitrogen and oxygen atoms in total. The highest BCUT2D eigenvalue weighted by Gasteiger charge is 2.14. The summed E-state index contributed by atoms with van der Waals surface area (Å²) >= 11 is 0. The maximum atomic E-state index is 2.45. The summed E-state index contributed by atoms with van der Waals surface area (Å²) < 4.78 is 0. The molecule has 0 aromatic rings. The van der Waals surface area contributed by atoms with Gasteiger partial charge in [-0.2, -0.15) is 0 Å². The lowest BCUT2D eigenvalue weighted by Gasteiger charge is -2.16. The predicted molar refractivity (Wildman–Crippen MR) is 52.2 cm³/mol. The molecule has 0 N–H and O–H groups in total. The molecule has 0 atom stereocenters. The summed E-state index contributed by atoms with van der Waals surface area (Å²) in [6, 6.07) is 2.76. The Morgan fingerprint density at radius 1 is 1.10 bits per heavy atom. The maximum absolute atomic E-state index is 2.45. The monoisotopic (exact) mass is 156 g/mol. The van der Waals surface area contributed by atoms with Gasteiger partial charge in [-0.15, -0.1) is 0 Å². The van der Waals surface area contributed by atoms with Gasteiger partial charge in [-0.3, -0.25) is 0 Å². The molecule has 0 aliphatic rings. The van der Waals surface area contributed by atoms with Gasteiger partial charge in [0.05, 0.1) is 8.07 Å². The summed E-state index contributed by atoms with van der Waals surface area (Å²) in [6.07, 6.45) is 5.83. The van der Waals surface area contributed by atoms with Crippen LogP contribution in [0.5, 0.6) is 0 Å². The van der Waals surface area contributed by atoms with Crippen molar-refractivity contribution in [1.29, 1.82) is 0 Å². The van der Waals surface area contributed by atoms with Gasteiger partial charge in [0.15, 0.2) is 0 Å². The average Bonchev–Trinajstić information content (AvgIpc) is 1.89. The Bertz CT molecular complexity index is 103. The second-order valence-electron chi connectivity index (χ2n) is 3.60. The van der Waals surface area contributed by atoms with E-state index < -0.39 is 8.07 Å². The number of hydrogen-bond donors (Lipinski definition) is 0. The van der Waals surface area contributed by atoms with Crippen molar-refractivity contribution in [2.24, 2.45) is 0 Å². The molecule has 0 aromatic carbocycles. The van der Waals surface area contributed by atoms with Gasteiger partial charge in [-0.25, -0.2) is 0 Å². The van der Waals surface area contributed by atoms with E-state index in [1.807, 2.05) is 0 Å². The van der Waals surface area contributed by atoms with E-state index in [0.717, 1.165) is 0 Å². The van der Waals surface area contributed by atoms with Crippen molar-refractivity contribution in [3.05, 3.63) is 12.2 Å². The van der Waals surface area contributed by atoms with Crippen molar-refractivity contribution in [3.8, 4) is 0 Å². The van der Waals surface area contributed by atoms with E-state index in [4.69, 9.17) is 0 Å². The molecule has 0 spiro atoms. The zero-order valence-corrected chi connectivity index (χ0v) is 8.78. The molecule has 0 radical (unpaired) electrons. The minimum Gasteiger partial charge on any atom is -0.0912 e. The SMILES string of the molecule is CCC=CC[Si](C)(C)CC. The molecule has 0 amide bonds. The Morgan fingerprint density at radius 2 is 1.70 bits per heavy atom. The molecule has 0 rings (SSSR count). The third-order valence-electron chi connectivity index (χ3n) is 2.03. The molecular weight excluding hydrogens is 136 g/mol. The topological polar surface area (TPSA) is 0 Å².